The van der Waals surface area contributed by atoms with Crippen molar-refractivity contribution in [2.24, 2.45) is 13.0 Å². The average Bonchev–Trinajstić information content (AvgIpc) is 2.79. The molecule has 0 radical (unpaired) electrons. The van der Waals surface area contributed by atoms with Crippen molar-refractivity contribution >= 4 is 35.2 Å². The Balaban J connectivity index is 1.46. The number of rotatable bonds is 5. The minimum atomic E-state index is -0.703. The van der Waals surface area contributed by atoms with Gasteiger partial charge in [-0.15, -0.1) is 11.8 Å². The number of aromatic nitrogens is 1. The number of hydrogen-bond donors (Lipinski definition) is 2. The second kappa shape index (κ2) is 10.3. The largest absolute Gasteiger partial charge is 0.348 e. The molecule has 31 heavy (non-hydrogen) atoms. The first kappa shape index (κ1) is 22.6. The number of piperidine rings is 1. The van der Waals surface area contributed by atoms with Crippen LogP contribution >= 0.6 is 11.8 Å². The molecule has 0 spiro atoms. The number of pyridine rings is 1. The number of carbonyl (C=O) groups is 3. The van der Waals surface area contributed by atoms with E-state index in [2.05, 4.69) is 10.6 Å². The highest BCUT2D eigenvalue weighted by Crippen LogP contribution is 2.19. The van der Waals surface area contributed by atoms with Crippen LogP contribution < -0.4 is 16.2 Å². The number of carbonyl (C=O) groups excluding carboxylic acids is 3. The van der Waals surface area contributed by atoms with Crippen molar-refractivity contribution in [2.45, 2.75) is 17.7 Å². The summed E-state index contributed by atoms with van der Waals surface area (Å²) in [5.74, 6) is -1.48. The maximum Gasteiger partial charge on any atom is 0.313 e. The van der Waals surface area contributed by atoms with Crippen molar-refractivity contribution in [1.29, 1.82) is 0 Å². The van der Waals surface area contributed by atoms with Gasteiger partial charge in [-0.25, -0.2) is 0 Å². The lowest BCUT2D eigenvalue weighted by molar-refractivity contribution is -0.136. The highest BCUT2D eigenvalue weighted by molar-refractivity contribution is 7.98. The third-order valence-corrected chi connectivity index (χ3v) is 6.07. The smallest absolute Gasteiger partial charge is 0.313 e. The molecule has 0 aliphatic carbocycles. The molecule has 1 fully saturated rings. The number of amides is 3. The molecule has 2 heterocycles. The molecule has 0 unspecified atom stereocenters. The quantitative estimate of drug-likeness (QED) is 0.542. The molecule has 1 aliphatic rings. The van der Waals surface area contributed by atoms with Crippen molar-refractivity contribution in [3.63, 3.8) is 0 Å². The summed E-state index contributed by atoms with van der Waals surface area (Å²) in [6.45, 7) is 1.38. The van der Waals surface area contributed by atoms with E-state index in [1.807, 2.05) is 24.5 Å². The normalized spacial score (nSPS) is 14.2. The standard InChI is InChI=1S/C22H26N4O4S/c1-25-10-4-7-18(21(25)29)22(30)26-11-8-15(9-12-26)14-23-19(27)20(28)24-16-5-3-6-17(13-16)31-2/h3-7,10,13,15H,8-9,11-12,14H2,1-2H3,(H,23,27)(H,24,28). The van der Waals surface area contributed by atoms with E-state index in [0.29, 0.717) is 38.2 Å². The second-order valence-corrected chi connectivity index (χ2v) is 8.35. The number of anilines is 1. The van der Waals surface area contributed by atoms with Gasteiger partial charge in [-0.1, -0.05) is 6.07 Å². The van der Waals surface area contributed by atoms with E-state index >= 15 is 0 Å². The summed E-state index contributed by atoms with van der Waals surface area (Å²) >= 11 is 1.55. The lowest BCUT2D eigenvalue weighted by Crippen LogP contribution is -2.44. The Hall–Kier alpha value is -3.07. The van der Waals surface area contributed by atoms with Crippen LogP contribution in [0.2, 0.25) is 0 Å². The molecule has 1 saturated heterocycles. The summed E-state index contributed by atoms with van der Waals surface area (Å²) in [6, 6.07) is 10.5. The Labute approximate surface area is 185 Å². The number of nitrogens with one attached hydrogen (secondary N) is 2. The van der Waals surface area contributed by atoms with Crippen LogP contribution in [0, 0.1) is 5.92 Å². The average molecular weight is 443 g/mol. The van der Waals surface area contributed by atoms with Crippen LogP contribution in [0.1, 0.15) is 23.2 Å². The lowest BCUT2D eigenvalue weighted by Gasteiger charge is -2.32. The highest BCUT2D eigenvalue weighted by Gasteiger charge is 2.26. The van der Waals surface area contributed by atoms with E-state index in [9.17, 15) is 19.2 Å². The Morgan fingerprint density at radius 2 is 1.84 bits per heavy atom. The number of benzene rings is 1. The van der Waals surface area contributed by atoms with E-state index in [-0.39, 0.29) is 22.9 Å². The number of likely N-dealkylation sites (tertiary alicyclic amines) is 1. The third-order valence-electron chi connectivity index (χ3n) is 5.34. The van der Waals surface area contributed by atoms with Crippen molar-refractivity contribution in [3.8, 4) is 0 Å². The maximum absolute atomic E-state index is 12.6. The second-order valence-electron chi connectivity index (χ2n) is 7.47. The molecular formula is C22H26N4O4S. The minimum Gasteiger partial charge on any atom is -0.348 e. The first-order chi connectivity index (χ1) is 14.9. The van der Waals surface area contributed by atoms with Crippen LogP contribution in [0.5, 0.6) is 0 Å². The zero-order valence-corrected chi connectivity index (χ0v) is 18.4. The fourth-order valence-corrected chi connectivity index (χ4v) is 3.94. The van der Waals surface area contributed by atoms with Crippen molar-refractivity contribution in [1.82, 2.24) is 14.8 Å². The molecule has 0 bridgehead atoms. The van der Waals surface area contributed by atoms with E-state index in [1.54, 1.807) is 48.1 Å². The summed E-state index contributed by atoms with van der Waals surface area (Å²) in [6.07, 6.45) is 4.93. The van der Waals surface area contributed by atoms with E-state index in [4.69, 9.17) is 0 Å². The van der Waals surface area contributed by atoms with Crippen LogP contribution in [0.15, 0.2) is 52.3 Å². The number of hydrogen-bond acceptors (Lipinski definition) is 5. The third kappa shape index (κ3) is 5.75. The van der Waals surface area contributed by atoms with E-state index in [1.165, 1.54) is 4.57 Å². The predicted octanol–water partition coefficient (Wildman–Crippen LogP) is 1.71. The molecule has 3 rings (SSSR count). The minimum absolute atomic E-state index is 0.166. The monoisotopic (exact) mass is 442 g/mol. The Bertz CT molecular complexity index is 1030. The van der Waals surface area contributed by atoms with Crippen LogP contribution in [0.25, 0.3) is 0 Å². The first-order valence-electron chi connectivity index (χ1n) is 10.1. The van der Waals surface area contributed by atoms with Crippen molar-refractivity contribution in [3.05, 3.63) is 58.5 Å². The summed E-state index contributed by atoms with van der Waals surface area (Å²) in [4.78, 5) is 51.7. The molecule has 0 atom stereocenters. The fraction of sp³-hybridized carbons (Fsp3) is 0.364. The number of nitrogens with zero attached hydrogens (tertiary/aromatic N) is 2. The molecular weight excluding hydrogens is 416 g/mol. The van der Waals surface area contributed by atoms with E-state index < -0.39 is 11.8 Å². The summed E-state index contributed by atoms with van der Waals surface area (Å²) < 4.78 is 1.39. The SMILES string of the molecule is CSc1cccc(NC(=O)C(=O)NCC2CCN(C(=O)c3cccn(C)c3=O)CC2)c1. The van der Waals surface area contributed by atoms with Crippen LogP contribution in [0.3, 0.4) is 0 Å². The number of aryl methyl sites for hydroxylation is 1. The molecule has 0 saturated carbocycles. The fourth-order valence-electron chi connectivity index (χ4n) is 3.48. The van der Waals surface area contributed by atoms with Crippen LogP contribution in [-0.2, 0) is 16.6 Å². The molecule has 2 aromatic rings. The summed E-state index contributed by atoms with van der Waals surface area (Å²) in [5.41, 5.74) is 0.431. The van der Waals surface area contributed by atoms with Gasteiger partial charge in [-0.2, -0.15) is 0 Å². The van der Waals surface area contributed by atoms with Crippen molar-refractivity contribution in [2.75, 3.05) is 31.2 Å². The van der Waals surface area contributed by atoms with Gasteiger partial charge in [0.05, 0.1) is 0 Å². The summed E-state index contributed by atoms with van der Waals surface area (Å²) in [7, 11) is 1.61. The van der Waals surface area contributed by atoms with Crippen LogP contribution in [0.4, 0.5) is 5.69 Å². The Morgan fingerprint density at radius 1 is 1.10 bits per heavy atom. The Kier molecular flexibility index (Phi) is 7.51. The zero-order valence-electron chi connectivity index (χ0n) is 17.6. The number of thioether (sulfide) groups is 1. The zero-order chi connectivity index (χ0) is 22.4. The molecule has 164 valence electrons. The van der Waals surface area contributed by atoms with Crippen LogP contribution in [-0.4, -0.2) is 53.1 Å². The molecule has 2 N–H and O–H groups in total. The van der Waals surface area contributed by atoms with Crippen molar-refractivity contribution < 1.29 is 14.4 Å². The van der Waals surface area contributed by atoms with Gasteiger partial charge >= 0.3 is 11.8 Å². The molecule has 1 aromatic carbocycles. The highest BCUT2D eigenvalue weighted by atomic mass is 32.2. The van der Waals surface area contributed by atoms with Gasteiger partial charge in [-0.05, 0) is 55.3 Å². The maximum atomic E-state index is 12.6. The lowest BCUT2D eigenvalue weighted by atomic mass is 9.96. The Morgan fingerprint density at radius 3 is 2.55 bits per heavy atom. The van der Waals surface area contributed by atoms with Gasteiger partial charge in [0, 0.05) is 43.5 Å². The molecule has 1 aromatic heterocycles. The van der Waals surface area contributed by atoms with Gasteiger partial charge in [0.2, 0.25) is 0 Å². The van der Waals surface area contributed by atoms with Gasteiger partial charge in [0.25, 0.3) is 11.5 Å². The van der Waals surface area contributed by atoms with Gasteiger partial charge < -0.3 is 20.1 Å². The predicted molar refractivity (Wildman–Crippen MR) is 120 cm³/mol. The summed E-state index contributed by atoms with van der Waals surface area (Å²) in [5, 5.41) is 5.29. The van der Waals surface area contributed by atoms with Gasteiger partial charge in [0.15, 0.2) is 0 Å². The van der Waals surface area contributed by atoms with Gasteiger partial charge in [0.1, 0.15) is 5.56 Å². The molecule has 3 amide bonds. The van der Waals surface area contributed by atoms with Gasteiger partial charge in [-0.3, -0.25) is 19.2 Å². The first-order valence-corrected chi connectivity index (χ1v) is 11.3. The molecule has 9 heteroatoms. The molecule has 1 aliphatic heterocycles. The van der Waals surface area contributed by atoms with E-state index in [0.717, 1.165) is 4.90 Å². The topological polar surface area (TPSA) is 101 Å². The molecule has 8 nitrogen and oxygen atoms in total.